The summed E-state index contributed by atoms with van der Waals surface area (Å²) in [5.74, 6) is -1.06. The van der Waals surface area contributed by atoms with E-state index >= 15 is 0 Å². The van der Waals surface area contributed by atoms with E-state index in [4.69, 9.17) is 17.3 Å². The highest BCUT2D eigenvalue weighted by Crippen LogP contribution is 2.26. The molecule has 0 fully saturated rings. The highest BCUT2D eigenvalue weighted by Gasteiger charge is 2.24. The average molecular weight is 211 g/mol. The lowest BCUT2D eigenvalue weighted by molar-refractivity contribution is 0.114. The number of alkyl halides is 2. The van der Waals surface area contributed by atoms with Crippen molar-refractivity contribution in [3.63, 3.8) is 0 Å². The molecule has 2 nitrogen and oxygen atoms in total. The number of rotatable bonds is 2. The minimum atomic E-state index is -2.86. The maximum absolute atomic E-state index is 12.9. The van der Waals surface area contributed by atoms with Gasteiger partial charge in [0.15, 0.2) is 0 Å². The maximum atomic E-state index is 12.9. The van der Waals surface area contributed by atoms with Crippen molar-refractivity contribution in [2.75, 3.05) is 0 Å². The van der Waals surface area contributed by atoms with Crippen molar-refractivity contribution in [3.8, 4) is 0 Å². The predicted octanol–water partition coefficient (Wildman–Crippen LogP) is 2.14. The number of hydrogen-bond acceptors (Lipinski definition) is 2. The van der Waals surface area contributed by atoms with Gasteiger partial charge in [-0.15, -0.1) is 0 Å². The van der Waals surface area contributed by atoms with Crippen LogP contribution >= 0.6 is 11.6 Å². The molecule has 1 unspecified atom stereocenters. The molecule has 1 rings (SSSR count). The third-order valence-corrected chi connectivity index (χ3v) is 1.82. The highest BCUT2D eigenvalue weighted by atomic mass is 35.5. The maximum Gasteiger partial charge on any atom is 0.257 e. The highest BCUT2D eigenvalue weighted by molar-refractivity contribution is 6.31. The number of nitrogens with zero attached hydrogens (tertiary/aromatic N) is 1. The normalized spacial score (nSPS) is 13.4. The molecule has 1 aromatic heterocycles. The van der Waals surface area contributed by atoms with E-state index in [0.717, 1.165) is 6.20 Å². The molecule has 1 atom stereocenters. The van der Waals surface area contributed by atoms with Gasteiger partial charge in [0, 0.05) is 11.8 Å². The van der Waals surface area contributed by atoms with Crippen molar-refractivity contribution in [2.45, 2.75) is 12.5 Å². The topological polar surface area (TPSA) is 38.9 Å². The first-order valence-corrected chi connectivity index (χ1v) is 3.75. The molecule has 0 aliphatic heterocycles. The van der Waals surface area contributed by atoms with Crippen LogP contribution in [0.5, 0.6) is 0 Å². The van der Waals surface area contributed by atoms with E-state index in [9.17, 15) is 13.2 Å². The standard InChI is InChI=1S/C7H6ClF3N2/c8-3-1-2-13-7(11)4(3)5(12)6(9)10/h1-2,5-6H,12H2. The van der Waals surface area contributed by atoms with Crippen LogP contribution in [0.15, 0.2) is 12.3 Å². The SMILES string of the molecule is NC(c1c(Cl)ccnc1F)C(F)F. The average Bonchev–Trinajstić information content (AvgIpc) is 2.03. The molecule has 0 saturated heterocycles. The lowest BCUT2D eigenvalue weighted by Gasteiger charge is -2.12. The molecule has 2 N–H and O–H groups in total. The van der Waals surface area contributed by atoms with E-state index in [-0.39, 0.29) is 5.02 Å². The Kier molecular flexibility index (Phi) is 3.11. The molecular formula is C7H6ClF3N2. The Labute approximate surface area is 77.5 Å². The Morgan fingerprint density at radius 2 is 2.08 bits per heavy atom. The van der Waals surface area contributed by atoms with Gasteiger partial charge in [0.05, 0.1) is 11.1 Å². The van der Waals surface area contributed by atoms with E-state index in [1.165, 1.54) is 6.07 Å². The zero-order valence-corrected chi connectivity index (χ0v) is 7.10. The van der Waals surface area contributed by atoms with Gasteiger partial charge >= 0.3 is 0 Å². The number of hydrogen-bond donors (Lipinski definition) is 1. The fraction of sp³-hybridized carbons (Fsp3) is 0.286. The molecule has 0 aromatic carbocycles. The first-order valence-electron chi connectivity index (χ1n) is 3.37. The van der Waals surface area contributed by atoms with Gasteiger partial charge in [-0.25, -0.2) is 13.8 Å². The molecule has 0 spiro atoms. The first-order chi connectivity index (χ1) is 6.04. The van der Waals surface area contributed by atoms with Crippen molar-refractivity contribution in [2.24, 2.45) is 5.73 Å². The van der Waals surface area contributed by atoms with Gasteiger partial charge in [0.1, 0.15) is 0 Å². The van der Waals surface area contributed by atoms with Crippen LogP contribution in [0.25, 0.3) is 0 Å². The zero-order chi connectivity index (χ0) is 10.0. The van der Waals surface area contributed by atoms with E-state index in [2.05, 4.69) is 4.98 Å². The molecular weight excluding hydrogens is 205 g/mol. The van der Waals surface area contributed by atoms with Gasteiger partial charge in [-0.2, -0.15) is 4.39 Å². The number of nitrogens with two attached hydrogens (primary N) is 1. The van der Waals surface area contributed by atoms with Crippen molar-refractivity contribution >= 4 is 11.6 Å². The summed E-state index contributed by atoms with van der Waals surface area (Å²) in [6, 6.07) is -0.524. The smallest absolute Gasteiger partial charge is 0.257 e. The second kappa shape index (κ2) is 3.93. The lowest BCUT2D eigenvalue weighted by Crippen LogP contribution is -2.21. The van der Waals surface area contributed by atoms with Gasteiger partial charge in [-0.3, -0.25) is 0 Å². The monoisotopic (exact) mass is 210 g/mol. The summed E-state index contributed by atoms with van der Waals surface area (Å²) in [7, 11) is 0. The van der Waals surface area contributed by atoms with Crippen LogP contribution in [0.3, 0.4) is 0 Å². The Hall–Kier alpha value is -0.810. The Morgan fingerprint density at radius 1 is 1.46 bits per heavy atom. The van der Waals surface area contributed by atoms with E-state index in [0.29, 0.717) is 0 Å². The first kappa shape index (κ1) is 10.3. The largest absolute Gasteiger partial charge is 0.319 e. The van der Waals surface area contributed by atoms with Gasteiger partial charge in [0.25, 0.3) is 6.43 Å². The fourth-order valence-corrected chi connectivity index (χ4v) is 1.11. The summed E-state index contributed by atoms with van der Waals surface area (Å²) >= 11 is 5.48. The second-order valence-corrected chi connectivity index (χ2v) is 2.76. The summed E-state index contributed by atoms with van der Waals surface area (Å²) < 4.78 is 37.0. The number of aromatic nitrogens is 1. The number of pyridine rings is 1. The molecule has 0 amide bonds. The molecule has 13 heavy (non-hydrogen) atoms. The molecule has 0 saturated carbocycles. The number of halogens is 4. The molecule has 1 aromatic rings. The van der Waals surface area contributed by atoms with Crippen LogP contribution in [0.2, 0.25) is 5.02 Å². The quantitative estimate of drug-likeness (QED) is 0.760. The van der Waals surface area contributed by atoms with Crippen LogP contribution in [-0.4, -0.2) is 11.4 Å². The minimum absolute atomic E-state index is 0.139. The molecule has 72 valence electrons. The Balaban J connectivity index is 3.12. The van der Waals surface area contributed by atoms with Crippen molar-refractivity contribution in [1.82, 2.24) is 4.98 Å². The third-order valence-electron chi connectivity index (χ3n) is 1.49. The summed E-state index contributed by atoms with van der Waals surface area (Å²) in [5.41, 5.74) is 4.58. The minimum Gasteiger partial charge on any atom is -0.319 e. The molecule has 0 bridgehead atoms. The van der Waals surface area contributed by atoms with E-state index < -0.39 is 24.0 Å². The summed E-state index contributed by atoms with van der Waals surface area (Å²) in [6.07, 6.45) is -1.78. The summed E-state index contributed by atoms with van der Waals surface area (Å²) in [5, 5.41) is -0.139. The van der Waals surface area contributed by atoms with Crippen molar-refractivity contribution < 1.29 is 13.2 Å². The molecule has 0 aliphatic rings. The Bertz CT molecular complexity index is 286. The van der Waals surface area contributed by atoms with Crippen LogP contribution < -0.4 is 5.73 Å². The van der Waals surface area contributed by atoms with E-state index in [1.807, 2.05) is 0 Å². The van der Waals surface area contributed by atoms with Crippen LogP contribution in [-0.2, 0) is 0 Å². The van der Waals surface area contributed by atoms with Gasteiger partial charge in [-0.05, 0) is 6.07 Å². The van der Waals surface area contributed by atoms with Gasteiger partial charge in [0.2, 0.25) is 5.95 Å². The fourth-order valence-electron chi connectivity index (χ4n) is 0.849. The van der Waals surface area contributed by atoms with E-state index in [1.54, 1.807) is 0 Å². The molecule has 6 heteroatoms. The second-order valence-electron chi connectivity index (χ2n) is 2.36. The lowest BCUT2D eigenvalue weighted by atomic mass is 10.1. The van der Waals surface area contributed by atoms with Crippen molar-refractivity contribution in [1.29, 1.82) is 0 Å². The predicted molar refractivity (Wildman–Crippen MR) is 42.1 cm³/mol. The summed E-state index contributed by atoms with van der Waals surface area (Å²) in [6.45, 7) is 0. The van der Waals surface area contributed by atoms with Crippen LogP contribution in [0.4, 0.5) is 13.2 Å². The Morgan fingerprint density at radius 3 is 2.54 bits per heavy atom. The third kappa shape index (κ3) is 2.10. The van der Waals surface area contributed by atoms with Crippen LogP contribution in [0, 0.1) is 5.95 Å². The summed E-state index contributed by atoms with van der Waals surface area (Å²) in [4.78, 5) is 3.18. The molecule has 1 heterocycles. The van der Waals surface area contributed by atoms with Crippen molar-refractivity contribution in [3.05, 3.63) is 28.8 Å². The van der Waals surface area contributed by atoms with Gasteiger partial charge < -0.3 is 5.73 Å². The van der Waals surface area contributed by atoms with Crippen LogP contribution in [0.1, 0.15) is 11.6 Å². The zero-order valence-electron chi connectivity index (χ0n) is 6.35. The molecule has 0 radical (unpaired) electrons. The van der Waals surface area contributed by atoms with Gasteiger partial charge in [-0.1, -0.05) is 11.6 Å². The molecule has 0 aliphatic carbocycles.